The van der Waals surface area contributed by atoms with E-state index in [-0.39, 0.29) is 12.6 Å². The van der Waals surface area contributed by atoms with Crippen LogP contribution in [0.25, 0.3) is 0 Å². The maximum Gasteiger partial charge on any atom is 0.345 e. The topological polar surface area (TPSA) is 21.3 Å². The van der Waals surface area contributed by atoms with Crippen LogP contribution in [0, 0.1) is 5.92 Å². The Kier molecular flexibility index (Phi) is 2.28. The second-order valence-corrected chi connectivity index (χ2v) is 3.64. The minimum atomic E-state index is -2.62. The van der Waals surface area contributed by atoms with E-state index in [9.17, 15) is 8.78 Å². The summed E-state index contributed by atoms with van der Waals surface area (Å²) in [5.74, 6) is 0.578. The number of piperidine rings is 1. The molecule has 0 unspecified atom stereocenters. The molecule has 0 radical (unpaired) electrons. The lowest BCUT2D eigenvalue weighted by Crippen LogP contribution is -2.39. The summed E-state index contributed by atoms with van der Waals surface area (Å²) in [6, 6.07) is 0.749. The van der Waals surface area contributed by atoms with Crippen molar-refractivity contribution in [1.29, 1.82) is 0 Å². The van der Waals surface area contributed by atoms with E-state index >= 15 is 0 Å². The van der Waals surface area contributed by atoms with Gasteiger partial charge in [-0.3, -0.25) is 0 Å². The van der Waals surface area contributed by atoms with Crippen LogP contribution < -0.4 is 5.32 Å². The summed E-state index contributed by atoms with van der Waals surface area (Å²) in [4.78, 5) is 0. The van der Waals surface area contributed by atoms with Gasteiger partial charge in [0.25, 0.3) is 0 Å². The van der Waals surface area contributed by atoms with Crippen molar-refractivity contribution in [3.05, 3.63) is 0 Å². The molecular weight excluding hydrogens is 164 g/mol. The molecule has 1 aliphatic carbocycles. The molecule has 1 N–H and O–H groups in total. The van der Waals surface area contributed by atoms with Gasteiger partial charge in [0, 0.05) is 12.1 Å². The van der Waals surface area contributed by atoms with Crippen LogP contribution in [0.15, 0.2) is 0 Å². The van der Waals surface area contributed by atoms with Crippen LogP contribution in [0.5, 0.6) is 0 Å². The van der Waals surface area contributed by atoms with E-state index < -0.39 is 6.61 Å². The lowest BCUT2D eigenvalue weighted by molar-refractivity contribution is -0.135. The summed E-state index contributed by atoms with van der Waals surface area (Å²) in [5.41, 5.74) is 0. The smallest absolute Gasteiger partial charge is 0.321 e. The summed E-state index contributed by atoms with van der Waals surface area (Å²) in [6.45, 7) is -2.45. The molecule has 12 heavy (non-hydrogen) atoms. The SMILES string of the molecule is FC(F)OC[C@H]1N[C@@H]2CC[C@H]1C2. The Balaban J connectivity index is 1.76. The van der Waals surface area contributed by atoms with Crippen molar-refractivity contribution in [3.63, 3.8) is 0 Å². The summed E-state index contributed by atoms with van der Waals surface area (Å²) < 4.78 is 27.6. The Morgan fingerprint density at radius 3 is 2.75 bits per heavy atom. The maximum absolute atomic E-state index is 11.7. The van der Waals surface area contributed by atoms with Crippen molar-refractivity contribution in [2.75, 3.05) is 6.61 Å². The molecule has 3 atom stereocenters. The molecule has 2 rings (SSSR count). The lowest BCUT2D eigenvalue weighted by Gasteiger charge is -2.22. The van der Waals surface area contributed by atoms with E-state index in [1.54, 1.807) is 0 Å². The van der Waals surface area contributed by atoms with Crippen molar-refractivity contribution in [3.8, 4) is 0 Å². The predicted octanol–water partition coefficient (Wildman–Crippen LogP) is 1.37. The first-order valence-electron chi connectivity index (χ1n) is 4.41. The molecule has 4 heteroatoms. The van der Waals surface area contributed by atoms with Crippen molar-refractivity contribution >= 4 is 0 Å². The molecule has 2 nitrogen and oxygen atoms in total. The molecule has 1 aliphatic heterocycles. The molecule has 2 fully saturated rings. The van der Waals surface area contributed by atoms with E-state index in [0.29, 0.717) is 12.0 Å². The highest BCUT2D eigenvalue weighted by molar-refractivity contribution is 4.96. The largest absolute Gasteiger partial charge is 0.345 e. The van der Waals surface area contributed by atoms with Gasteiger partial charge in [0.15, 0.2) is 0 Å². The van der Waals surface area contributed by atoms with Crippen LogP contribution in [-0.2, 0) is 4.74 Å². The molecular formula is C8H13F2NO. The molecule has 70 valence electrons. The Bertz CT molecular complexity index is 165. The van der Waals surface area contributed by atoms with Crippen molar-refractivity contribution < 1.29 is 13.5 Å². The minimum Gasteiger partial charge on any atom is -0.321 e. The van der Waals surface area contributed by atoms with Crippen LogP contribution in [0.3, 0.4) is 0 Å². The molecule has 1 saturated heterocycles. The molecule has 0 aromatic heterocycles. The van der Waals surface area contributed by atoms with Gasteiger partial charge in [0.05, 0.1) is 6.61 Å². The lowest BCUT2D eigenvalue weighted by atomic mass is 10.0. The molecule has 1 saturated carbocycles. The number of rotatable bonds is 3. The first kappa shape index (κ1) is 8.38. The van der Waals surface area contributed by atoms with Crippen LogP contribution in [-0.4, -0.2) is 25.3 Å². The third kappa shape index (κ3) is 1.59. The molecule has 1 heterocycles. The normalized spacial score (nSPS) is 39.8. The molecule has 0 aromatic carbocycles. The number of alkyl halides is 2. The standard InChI is InChI=1S/C8H13F2NO/c9-8(10)12-4-7-5-1-2-6(3-5)11-7/h5-8,11H,1-4H2/t5-,6+,7+/m0/s1. The Morgan fingerprint density at radius 2 is 2.25 bits per heavy atom. The van der Waals surface area contributed by atoms with E-state index in [1.165, 1.54) is 12.8 Å². The van der Waals surface area contributed by atoms with E-state index in [4.69, 9.17) is 0 Å². The first-order chi connectivity index (χ1) is 5.75. The number of halogens is 2. The van der Waals surface area contributed by atoms with E-state index in [1.807, 2.05) is 0 Å². The number of hydrogen-bond donors (Lipinski definition) is 1. The van der Waals surface area contributed by atoms with Gasteiger partial charge >= 0.3 is 6.61 Å². The van der Waals surface area contributed by atoms with Gasteiger partial charge in [0.1, 0.15) is 0 Å². The van der Waals surface area contributed by atoms with Crippen LogP contribution >= 0.6 is 0 Å². The second kappa shape index (κ2) is 3.26. The van der Waals surface area contributed by atoms with Gasteiger partial charge < -0.3 is 10.1 Å². The predicted molar refractivity (Wildman–Crippen MR) is 40.0 cm³/mol. The van der Waals surface area contributed by atoms with Gasteiger partial charge in [-0.05, 0) is 25.2 Å². The van der Waals surface area contributed by atoms with Gasteiger partial charge in [-0.25, -0.2) is 0 Å². The van der Waals surface area contributed by atoms with Gasteiger partial charge in [-0.15, -0.1) is 0 Å². The fraction of sp³-hybridized carbons (Fsp3) is 1.00. The fourth-order valence-electron chi connectivity index (χ4n) is 2.33. The number of hydrogen-bond acceptors (Lipinski definition) is 2. The summed E-state index contributed by atoms with van der Waals surface area (Å²) in [6.07, 6.45) is 3.53. The van der Waals surface area contributed by atoms with Crippen molar-refractivity contribution in [2.45, 2.75) is 38.0 Å². The zero-order valence-electron chi connectivity index (χ0n) is 6.80. The summed E-state index contributed by atoms with van der Waals surface area (Å²) >= 11 is 0. The van der Waals surface area contributed by atoms with Crippen molar-refractivity contribution in [2.24, 2.45) is 5.92 Å². The molecule has 0 amide bonds. The van der Waals surface area contributed by atoms with Crippen molar-refractivity contribution in [1.82, 2.24) is 5.32 Å². The third-order valence-electron chi connectivity index (χ3n) is 2.89. The Morgan fingerprint density at radius 1 is 1.42 bits per heavy atom. The highest BCUT2D eigenvalue weighted by Gasteiger charge is 2.39. The molecule has 0 aromatic rings. The van der Waals surface area contributed by atoms with Gasteiger partial charge in [0.2, 0.25) is 0 Å². The van der Waals surface area contributed by atoms with E-state index in [2.05, 4.69) is 10.1 Å². The average Bonchev–Trinajstić information content (AvgIpc) is 2.60. The second-order valence-electron chi connectivity index (χ2n) is 3.64. The Labute approximate surface area is 70.3 Å². The first-order valence-corrected chi connectivity index (χ1v) is 4.41. The summed E-state index contributed by atoms with van der Waals surface area (Å²) in [5, 5.41) is 3.29. The maximum atomic E-state index is 11.7. The monoisotopic (exact) mass is 177 g/mol. The zero-order chi connectivity index (χ0) is 8.55. The average molecular weight is 177 g/mol. The number of fused-ring (bicyclic) bond motifs is 2. The van der Waals surface area contributed by atoms with E-state index in [0.717, 1.165) is 6.42 Å². The van der Waals surface area contributed by atoms with Crippen LogP contribution in [0.1, 0.15) is 19.3 Å². The van der Waals surface area contributed by atoms with Crippen LogP contribution in [0.2, 0.25) is 0 Å². The number of ether oxygens (including phenoxy) is 1. The Hall–Kier alpha value is -0.220. The van der Waals surface area contributed by atoms with Gasteiger partial charge in [-0.1, -0.05) is 0 Å². The zero-order valence-corrected chi connectivity index (χ0v) is 6.80. The quantitative estimate of drug-likeness (QED) is 0.703. The fourth-order valence-corrected chi connectivity index (χ4v) is 2.33. The highest BCUT2D eigenvalue weighted by atomic mass is 19.3. The molecule has 2 aliphatic rings. The van der Waals surface area contributed by atoms with Crippen LogP contribution in [0.4, 0.5) is 8.78 Å². The third-order valence-corrected chi connectivity index (χ3v) is 2.89. The highest BCUT2D eigenvalue weighted by Crippen LogP contribution is 2.35. The van der Waals surface area contributed by atoms with Gasteiger partial charge in [-0.2, -0.15) is 8.78 Å². The molecule has 0 spiro atoms. The number of nitrogens with one attached hydrogen (secondary N) is 1. The minimum absolute atomic E-state index is 0.166. The molecule has 2 bridgehead atoms. The summed E-state index contributed by atoms with van der Waals surface area (Å²) in [7, 11) is 0.